The Morgan fingerprint density at radius 3 is 2.35 bits per heavy atom. The molecule has 2 aromatic carbocycles. The van der Waals surface area contributed by atoms with Crippen LogP contribution in [0, 0.1) is 0 Å². The fourth-order valence-electron chi connectivity index (χ4n) is 2.66. The van der Waals surface area contributed by atoms with Crippen molar-refractivity contribution >= 4 is 17.3 Å². The fraction of sp³-hybridized carbons (Fsp3) is 0.176. The minimum Gasteiger partial charge on any atom is -0.497 e. The Morgan fingerprint density at radius 2 is 1.77 bits per heavy atom. The first kappa shape index (κ1) is 17.6. The highest BCUT2D eigenvalue weighted by molar-refractivity contribution is 6.54. The number of rotatable bonds is 4. The lowest BCUT2D eigenvalue weighted by molar-refractivity contribution is -0.274. The molecule has 1 N–H and O–H groups in total. The Labute approximate surface area is 146 Å². The third-order valence-electron chi connectivity index (χ3n) is 3.79. The van der Waals surface area contributed by atoms with Gasteiger partial charge in [0.1, 0.15) is 11.5 Å². The van der Waals surface area contributed by atoms with E-state index in [0.717, 1.165) is 17.7 Å². The summed E-state index contributed by atoms with van der Waals surface area (Å²) in [7, 11) is 1.53. The second-order valence-corrected chi connectivity index (χ2v) is 5.41. The van der Waals surface area contributed by atoms with Crippen LogP contribution in [0.2, 0.25) is 0 Å². The highest BCUT2D eigenvalue weighted by atomic mass is 19.4. The molecular formula is C17H13F3N2O4. The summed E-state index contributed by atoms with van der Waals surface area (Å²) in [6, 6.07) is 10.4. The topological polar surface area (TPSA) is 71.4 Å². The Morgan fingerprint density at radius 1 is 1.12 bits per heavy atom. The van der Waals surface area contributed by atoms with Crippen LogP contribution in [0.1, 0.15) is 11.1 Å². The van der Waals surface area contributed by atoms with Gasteiger partial charge in [-0.15, -0.1) is 13.2 Å². The molecule has 0 spiro atoms. The maximum atomic E-state index is 12.5. The monoisotopic (exact) mass is 366 g/mol. The molecule has 1 heterocycles. The summed E-state index contributed by atoms with van der Waals surface area (Å²) in [5, 5.41) is 12.1. The van der Waals surface area contributed by atoms with Gasteiger partial charge < -0.3 is 19.6 Å². The van der Waals surface area contributed by atoms with Gasteiger partial charge in [0.05, 0.1) is 19.3 Å². The molecule has 1 amide bonds. The summed E-state index contributed by atoms with van der Waals surface area (Å²) in [5.74, 6) is -0.479. The maximum absolute atomic E-state index is 12.5. The van der Waals surface area contributed by atoms with Gasteiger partial charge >= 0.3 is 6.36 Å². The second kappa shape index (κ2) is 6.58. The number of oxime groups is 1. The Balaban J connectivity index is 1.93. The number of methoxy groups -OCH3 is 1. The molecule has 9 heteroatoms. The van der Waals surface area contributed by atoms with Gasteiger partial charge in [-0.2, -0.15) is 0 Å². The number of hydrogen-bond acceptors (Lipinski definition) is 5. The van der Waals surface area contributed by atoms with E-state index >= 15 is 0 Å². The molecule has 0 aromatic heterocycles. The number of alkyl halides is 3. The van der Waals surface area contributed by atoms with Gasteiger partial charge in [-0.3, -0.25) is 4.79 Å². The molecule has 2 aromatic rings. The number of carbonyl (C=O) groups is 1. The van der Waals surface area contributed by atoms with Gasteiger partial charge in [0.25, 0.3) is 5.91 Å². The largest absolute Gasteiger partial charge is 0.573 e. The lowest BCUT2D eigenvalue weighted by Gasteiger charge is -2.17. The van der Waals surface area contributed by atoms with Crippen molar-refractivity contribution in [3.63, 3.8) is 0 Å². The quantitative estimate of drug-likeness (QED) is 0.666. The van der Waals surface area contributed by atoms with E-state index in [-0.39, 0.29) is 17.8 Å². The molecule has 136 valence electrons. The fourth-order valence-corrected chi connectivity index (χ4v) is 2.66. The number of amides is 1. The van der Waals surface area contributed by atoms with Gasteiger partial charge in [0, 0.05) is 5.56 Å². The smallest absolute Gasteiger partial charge is 0.497 e. The SMILES string of the molecule is COc1ccc(CN2C(=O)/C(=N\O)c3cc(OC(F)(F)F)ccc32)cc1. The van der Waals surface area contributed by atoms with Crippen molar-refractivity contribution in [1.29, 1.82) is 0 Å². The van der Waals surface area contributed by atoms with Crippen molar-refractivity contribution in [1.82, 2.24) is 0 Å². The third-order valence-corrected chi connectivity index (χ3v) is 3.79. The van der Waals surface area contributed by atoms with Crippen molar-refractivity contribution < 1.29 is 32.6 Å². The van der Waals surface area contributed by atoms with E-state index in [1.54, 1.807) is 24.3 Å². The molecule has 0 fully saturated rings. The Kier molecular flexibility index (Phi) is 4.45. The Hall–Kier alpha value is -3.23. The zero-order valence-electron chi connectivity index (χ0n) is 13.4. The molecule has 0 bridgehead atoms. The predicted octanol–water partition coefficient (Wildman–Crippen LogP) is 3.32. The van der Waals surface area contributed by atoms with E-state index in [1.807, 2.05) is 0 Å². The summed E-state index contributed by atoms with van der Waals surface area (Å²) >= 11 is 0. The third kappa shape index (κ3) is 3.41. The first-order chi connectivity index (χ1) is 12.3. The van der Waals surface area contributed by atoms with Crippen molar-refractivity contribution in [2.75, 3.05) is 12.0 Å². The first-order valence-electron chi connectivity index (χ1n) is 7.39. The molecule has 1 aliphatic rings. The lowest BCUT2D eigenvalue weighted by atomic mass is 10.1. The molecule has 1 aliphatic heterocycles. The molecule has 0 aliphatic carbocycles. The molecule has 0 saturated heterocycles. The summed E-state index contributed by atoms with van der Waals surface area (Å²) in [5.41, 5.74) is 0.807. The van der Waals surface area contributed by atoms with Crippen molar-refractivity contribution in [2.24, 2.45) is 5.16 Å². The van der Waals surface area contributed by atoms with Crippen molar-refractivity contribution in [3.05, 3.63) is 53.6 Å². The van der Waals surface area contributed by atoms with Crippen LogP contribution in [0.5, 0.6) is 11.5 Å². The highest BCUT2D eigenvalue weighted by Crippen LogP contribution is 2.35. The molecular weight excluding hydrogens is 353 g/mol. The van der Waals surface area contributed by atoms with Gasteiger partial charge in [-0.05, 0) is 35.9 Å². The van der Waals surface area contributed by atoms with Crippen LogP contribution < -0.4 is 14.4 Å². The first-order valence-corrected chi connectivity index (χ1v) is 7.39. The number of hydrogen-bond donors (Lipinski definition) is 1. The van der Waals surface area contributed by atoms with Crippen LogP contribution in [0.3, 0.4) is 0 Å². The van der Waals surface area contributed by atoms with E-state index in [2.05, 4.69) is 9.89 Å². The summed E-state index contributed by atoms with van der Waals surface area (Å²) < 4.78 is 46.1. The number of anilines is 1. The molecule has 26 heavy (non-hydrogen) atoms. The number of carbonyl (C=O) groups excluding carboxylic acids is 1. The molecule has 0 radical (unpaired) electrons. The van der Waals surface area contributed by atoms with Gasteiger partial charge in [0.15, 0.2) is 5.71 Å². The maximum Gasteiger partial charge on any atom is 0.573 e. The van der Waals surface area contributed by atoms with Crippen LogP contribution in [0.4, 0.5) is 18.9 Å². The number of benzene rings is 2. The van der Waals surface area contributed by atoms with E-state index in [0.29, 0.717) is 11.4 Å². The normalized spacial score (nSPS) is 15.3. The average molecular weight is 366 g/mol. The predicted molar refractivity (Wildman–Crippen MR) is 85.6 cm³/mol. The zero-order chi connectivity index (χ0) is 18.9. The van der Waals surface area contributed by atoms with Crippen LogP contribution in [0.25, 0.3) is 0 Å². The number of nitrogens with zero attached hydrogens (tertiary/aromatic N) is 2. The van der Waals surface area contributed by atoms with Gasteiger partial charge in [-0.25, -0.2) is 0 Å². The van der Waals surface area contributed by atoms with Crippen molar-refractivity contribution in [2.45, 2.75) is 12.9 Å². The Bertz CT molecular complexity index is 863. The number of halogens is 3. The minimum absolute atomic E-state index is 0.0627. The molecule has 6 nitrogen and oxygen atoms in total. The van der Waals surface area contributed by atoms with Crippen LogP contribution >= 0.6 is 0 Å². The standard InChI is InChI=1S/C17H13F3N2O4/c1-25-11-4-2-10(3-5-11)9-22-14-7-6-12(26-17(18,19)20)8-13(14)15(21-24)16(22)23/h2-8,24H,9H2,1H3/b21-15-. The second-order valence-electron chi connectivity index (χ2n) is 5.41. The van der Waals surface area contributed by atoms with E-state index in [4.69, 9.17) is 9.94 Å². The summed E-state index contributed by atoms with van der Waals surface area (Å²) in [6.07, 6.45) is -4.86. The van der Waals surface area contributed by atoms with Crippen molar-refractivity contribution in [3.8, 4) is 11.5 Å². The van der Waals surface area contributed by atoms with E-state index < -0.39 is 18.0 Å². The number of ether oxygens (including phenoxy) is 2. The minimum atomic E-state index is -4.86. The molecule has 0 atom stereocenters. The van der Waals surface area contributed by atoms with E-state index in [9.17, 15) is 18.0 Å². The zero-order valence-corrected chi connectivity index (χ0v) is 13.4. The van der Waals surface area contributed by atoms with Crippen LogP contribution in [0.15, 0.2) is 47.6 Å². The number of fused-ring (bicyclic) bond motifs is 1. The van der Waals surface area contributed by atoms with Gasteiger partial charge in [-0.1, -0.05) is 17.3 Å². The summed E-state index contributed by atoms with van der Waals surface area (Å²) in [6.45, 7) is 0.147. The average Bonchev–Trinajstić information content (AvgIpc) is 2.85. The summed E-state index contributed by atoms with van der Waals surface area (Å²) in [4.78, 5) is 13.8. The van der Waals surface area contributed by atoms with Gasteiger partial charge in [0.2, 0.25) is 0 Å². The molecule has 0 saturated carbocycles. The molecule has 3 rings (SSSR count). The molecule has 0 unspecified atom stereocenters. The highest BCUT2D eigenvalue weighted by Gasteiger charge is 2.37. The van der Waals surface area contributed by atoms with Crippen LogP contribution in [-0.4, -0.2) is 30.3 Å². The van der Waals surface area contributed by atoms with Crippen LogP contribution in [-0.2, 0) is 11.3 Å². The lowest BCUT2D eigenvalue weighted by Crippen LogP contribution is -2.29. The van der Waals surface area contributed by atoms with E-state index in [1.165, 1.54) is 18.1 Å².